The number of nitrogens with zero attached hydrogens (tertiary/aromatic N) is 2. The van der Waals surface area contributed by atoms with Crippen molar-refractivity contribution in [3.8, 4) is 0 Å². The summed E-state index contributed by atoms with van der Waals surface area (Å²) in [6.45, 7) is 10.2. The van der Waals surface area contributed by atoms with Crippen LogP contribution in [0.2, 0.25) is 0 Å². The first-order chi connectivity index (χ1) is 15.5. The molecule has 2 aliphatic heterocycles. The summed E-state index contributed by atoms with van der Waals surface area (Å²) >= 11 is 0. The van der Waals surface area contributed by atoms with Gasteiger partial charge in [-0.15, -0.1) is 0 Å². The average molecular weight is 442 g/mol. The molecule has 0 aliphatic carbocycles. The molecule has 0 radical (unpaired) electrons. The van der Waals surface area contributed by atoms with Gasteiger partial charge in [0.15, 0.2) is 0 Å². The van der Waals surface area contributed by atoms with E-state index in [9.17, 15) is 9.59 Å². The number of benzene rings is 1. The normalized spacial score (nSPS) is 18.7. The van der Waals surface area contributed by atoms with E-state index in [1.54, 1.807) is 0 Å². The zero-order valence-electron chi connectivity index (χ0n) is 20.5. The highest BCUT2D eigenvalue weighted by atomic mass is 16.2. The highest BCUT2D eigenvalue weighted by molar-refractivity contribution is 5.92. The molecular formula is C27H43N3O2. The van der Waals surface area contributed by atoms with Gasteiger partial charge in [-0.05, 0) is 82.3 Å². The van der Waals surface area contributed by atoms with E-state index in [0.717, 1.165) is 70.4 Å². The number of hydrogen-bond donors (Lipinski definition) is 1. The van der Waals surface area contributed by atoms with Crippen LogP contribution in [-0.4, -0.2) is 53.8 Å². The Hall–Kier alpha value is -1.88. The number of aryl methyl sites for hydroxylation is 2. The summed E-state index contributed by atoms with van der Waals surface area (Å²) in [5.41, 5.74) is 3.36. The van der Waals surface area contributed by atoms with Crippen LogP contribution in [0.15, 0.2) is 18.2 Å². The molecule has 1 aromatic carbocycles. The minimum Gasteiger partial charge on any atom is -0.343 e. The number of hydrogen-bond acceptors (Lipinski definition) is 3. The number of unbranched alkanes of at least 4 members (excludes halogenated alkanes) is 4. The van der Waals surface area contributed by atoms with Gasteiger partial charge in [0.1, 0.15) is 0 Å². The van der Waals surface area contributed by atoms with Gasteiger partial charge in [0.2, 0.25) is 11.8 Å². The van der Waals surface area contributed by atoms with E-state index in [1.165, 1.54) is 36.8 Å². The third-order valence-electron chi connectivity index (χ3n) is 7.50. The molecule has 0 aromatic heterocycles. The van der Waals surface area contributed by atoms with Crippen LogP contribution in [0, 0.1) is 19.8 Å². The monoisotopic (exact) mass is 441 g/mol. The molecular weight excluding hydrogens is 398 g/mol. The lowest BCUT2D eigenvalue weighted by atomic mass is 9.92. The first-order valence-corrected chi connectivity index (χ1v) is 12.9. The van der Waals surface area contributed by atoms with Crippen molar-refractivity contribution in [1.82, 2.24) is 9.80 Å². The van der Waals surface area contributed by atoms with Crippen LogP contribution in [0.25, 0.3) is 0 Å². The standard InChI is InChI=1S/C27H43N3O2/c1-4-5-6-7-8-9-26(31)30-18-14-25(15-19-30)29-16-12-23(13-17-29)27(32)28-24-11-10-21(2)22(3)20-24/h10-11,20,23,25H,4-9,12-19H2,1-3H3,(H,28,32). The van der Waals surface area contributed by atoms with Crippen molar-refractivity contribution >= 4 is 17.5 Å². The molecule has 2 amide bonds. The van der Waals surface area contributed by atoms with Gasteiger partial charge in [-0.3, -0.25) is 9.59 Å². The van der Waals surface area contributed by atoms with Gasteiger partial charge < -0.3 is 15.1 Å². The first kappa shape index (κ1) is 24.8. The number of carbonyl (C=O) groups excluding carboxylic acids is 2. The molecule has 0 bridgehead atoms. The Kier molecular flexibility index (Phi) is 9.58. The fraction of sp³-hybridized carbons (Fsp3) is 0.704. The Morgan fingerprint density at radius 1 is 0.906 bits per heavy atom. The SMILES string of the molecule is CCCCCCCC(=O)N1CCC(N2CCC(C(=O)Nc3ccc(C)c(C)c3)CC2)CC1. The van der Waals surface area contributed by atoms with Gasteiger partial charge in [0.05, 0.1) is 0 Å². The van der Waals surface area contributed by atoms with Crippen molar-refractivity contribution in [2.45, 2.75) is 91.0 Å². The Morgan fingerprint density at radius 2 is 1.59 bits per heavy atom. The highest BCUT2D eigenvalue weighted by Gasteiger charge is 2.31. The van der Waals surface area contributed by atoms with Crippen LogP contribution in [-0.2, 0) is 9.59 Å². The molecule has 5 heteroatoms. The first-order valence-electron chi connectivity index (χ1n) is 12.9. The lowest BCUT2D eigenvalue weighted by molar-refractivity contribution is -0.133. The van der Waals surface area contributed by atoms with Gasteiger partial charge in [-0.25, -0.2) is 0 Å². The maximum atomic E-state index is 12.7. The molecule has 2 heterocycles. The van der Waals surface area contributed by atoms with Crippen LogP contribution < -0.4 is 5.32 Å². The van der Waals surface area contributed by atoms with Gasteiger partial charge in [-0.1, -0.05) is 38.7 Å². The lowest BCUT2D eigenvalue weighted by Crippen LogP contribution is -2.49. The van der Waals surface area contributed by atoms with Crippen molar-refractivity contribution < 1.29 is 9.59 Å². The number of piperidine rings is 2. The van der Waals surface area contributed by atoms with Crippen molar-refractivity contribution in [3.63, 3.8) is 0 Å². The molecule has 0 saturated carbocycles. The molecule has 1 aromatic rings. The van der Waals surface area contributed by atoms with Crippen LogP contribution in [0.1, 0.15) is 82.3 Å². The Labute approximate surface area is 194 Å². The summed E-state index contributed by atoms with van der Waals surface area (Å²) in [7, 11) is 0. The second kappa shape index (κ2) is 12.4. The summed E-state index contributed by atoms with van der Waals surface area (Å²) in [4.78, 5) is 29.9. The Balaban J connectivity index is 1.35. The molecule has 32 heavy (non-hydrogen) atoms. The second-order valence-electron chi connectivity index (χ2n) is 9.87. The Morgan fingerprint density at radius 3 is 2.25 bits per heavy atom. The number of likely N-dealkylation sites (tertiary alicyclic amines) is 2. The van der Waals surface area contributed by atoms with E-state index in [1.807, 2.05) is 6.07 Å². The molecule has 5 nitrogen and oxygen atoms in total. The van der Waals surface area contributed by atoms with Gasteiger partial charge in [0.25, 0.3) is 0 Å². The van der Waals surface area contributed by atoms with Crippen molar-refractivity contribution in [2.75, 3.05) is 31.5 Å². The maximum absolute atomic E-state index is 12.7. The summed E-state index contributed by atoms with van der Waals surface area (Å²) in [6, 6.07) is 6.68. The zero-order chi connectivity index (χ0) is 22.9. The van der Waals surface area contributed by atoms with Crippen LogP contribution in [0.4, 0.5) is 5.69 Å². The highest BCUT2D eigenvalue weighted by Crippen LogP contribution is 2.26. The van der Waals surface area contributed by atoms with Crippen LogP contribution >= 0.6 is 0 Å². The van der Waals surface area contributed by atoms with Crippen molar-refractivity contribution in [2.24, 2.45) is 5.92 Å². The molecule has 1 N–H and O–H groups in total. The van der Waals surface area contributed by atoms with E-state index in [0.29, 0.717) is 11.9 Å². The summed E-state index contributed by atoms with van der Waals surface area (Å²) in [5, 5.41) is 3.12. The van der Waals surface area contributed by atoms with E-state index in [2.05, 4.69) is 48.0 Å². The van der Waals surface area contributed by atoms with E-state index in [-0.39, 0.29) is 11.8 Å². The molecule has 3 rings (SSSR count). The molecule has 2 aliphatic rings. The fourth-order valence-corrected chi connectivity index (χ4v) is 5.11. The van der Waals surface area contributed by atoms with Gasteiger partial charge in [0, 0.05) is 37.2 Å². The van der Waals surface area contributed by atoms with Gasteiger partial charge in [-0.2, -0.15) is 0 Å². The van der Waals surface area contributed by atoms with Crippen LogP contribution in [0.3, 0.4) is 0 Å². The minimum atomic E-state index is 0.0993. The minimum absolute atomic E-state index is 0.0993. The van der Waals surface area contributed by atoms with Crippen molar-refractivity contribution in [3.05, 3.63) is 29.3 Å². The lowest BCUT2D eigenvalue weighted by Gasteiger charge is -2.41. The third-order valence-corrected chi connectivity index (χ3v) is 7.50. The van der Waals surface area contributed by atoms with Crippen LogP contribution in [0.5, 0.6) is 0 Å². The maximum Gasteiger partial charge on any atom is 0.227 e. The molecule has 2 fully saturated rings. The number of rotatable bonds is 9. The molecule has 2 saturated heterocycles. The molecule has 0 atom stereocenters. The molecule has 178 valence electrons. The predicted octanol–water partition coefficient (Wildman–Crippen LogP) is 5.31. The van der Waals surface area contributed by atoms with E-state index >= 15 is 0 Å². The Bertz CT molecular complexity index is 747. The van der Waals surface area contributed by atoms with E-state index in [4.69, 9.17) is 0 Å². The fourth-order valence-electron chi connectivity index (χ4n) is 5.11. The number of amides is 2. The smallest absolute Gasteiger partial charge is 0.227 e. The number of carbonyl (C=O) groups is 2. The topological polar surface area (TPSA) is 52.7 Å². The summed E-state index contributed by atoms with van der Waals surface area (Å²) < 4.78 is 0. The third kappa shape index (κ3) is 7.06. The van der Waals surface area contributed by atoms with Gasteiger partial charge >= 0.3 is 0 Å². The van der Waals surface area contributed by atoms with E-state index < -0.39 is 0 Å². The quantitative estimate of drug-likeness (QED) is 0.529. The molecule has 0 spiro atoms. The second-order valence-corrected chi connectivity index (χ2v) is 9.87. The largest absolute Gasteiger partial charge is 0.343 e. The summed E-state index contributed by atoms with van der Waals surface area (Å²) in [5.74, 6) is 0.608. The molecule has 0 unspecified atom stereocenters. The van der Waals surface area contributed by atoms with Crippen molar-refractivity contribution in [1.29, 1.82) is 0 Å². The summed E-state index contributed by atoms with van der Waals surface area (Å²) in [6.07, 6.45) is 10.7. The number of anilines is 1. The zero-order valence-corrected chi connectivity index (χ0v) is 20.5. The predicted molar refractivity (Wildman–Crippen MR) is 132 cm³/mol. The average Bonchev–Trinajstić information content (AvgIpc) is 2.81. The number of nitrogens with one attached hydrogen (secondary N) is 1.